The van der Waals surface area contributed by atoms with Crippen molar-refractivity contribution in [2.24, 2.45) is 5.92 Å². The molecule has 2 rings (SSSR count). The molecule has 1 aliphatic heterocycles. The molecule has 0 amide bonds. The number of fused-ring (bicyclic) bond motifs is 1. The van der Waals surface area contributed by atoms with E-state index in [1.165, 1.54) is 9.36 Å². The number of carbonyl (C=O) groups excluding carboxylic acids is 1. The van der Waals surface area contributed by atoms with Crippen LogP contribution in [-0.2, 0) is 17.9 Å². The Morgan fingerprint density at radius 2 is 1.47 bits per heavy atom. The zero-order chi connectivity index (χ0) is 11.2. The van der Waals surface area contributed by atoms with Crippen LogP contribution in [0.25, 0.3) is 0 Å². The third-order valence-electron chi connectivity index (χ3n) is 2.34. The van der Waals surface area contributed by atoms with Crippen LogP contribution in [0, 0.1) is 5.92 Å². The number of aromatic nitrogens is 2. The molecule has 0 aromatic carbocycles. The lowest BCUT2D eigenvalue weighted by atomic mass is 10.2. The van der Waals surface area contributed by atoms with Gasteiger partial charge in [-0.05, 0) is 31.9 Å². The predicted molar refractivity (Wildman–Crippen MR) is 59.9 cm³/mol. The minimum atomic E-state index is -0.300. The van der Waals surface area contributed by atoms with Crippen molar-refractivity contribution >= 4 is 38.1 Å². The molecule has 0 atom stereocenters. The SMILES string of the molecule is O=CC1Cn2c(=O)c(Br)c(Br)c(=O)n2C1. The van der Waals surface area contributed by atoms with Gasteiger partial charge in [0, 0.05) is 0 Å². The average Bonchev–Trinajstić information content (AvgIpc) is 2.67. The van der Waals surface area contributed by atoms with Crippen LogP contribution in [0.5, 0.6) is 0 Å². The Hall–Kier alpha value is -0.690. The van der Waals surface area contributed by atoms with Gasteiger partial charge in [-0.15, -0.1) is 0 Å². The lowest BCUT2D eigenvalue weighted by Gasteiger charge is -2.06. The fourth-order valence-electron chi connectivity index (χ4n) is 1.58. The number of hydrogen-bond donors (Lipinski definition) is 0. The molecule has 5 nitrogen and oxygen atoms in total. The van der Waals surface area contributed by atoms with Crippen LogP contribution in [-0.4, -0.2) is 15.6 Å². The van der Waals surface area contributed by atoms with Crippen LogP contribution >= 0.6 is 31.9 Å². The molecule has 0 spiro atoms. The van der Waals surface area contributed by atoms with Crippen molar-refractivity contribution in [2.75, 3.05) is 0 Å². The Morgan fingerprint density at radius 1 is 1.07 bits per heavy atom. The van der Waals surface area contributed by atoms with Gasteiger partial charge in [0.05, 0.1) is 19.0 Å². The first-order chi connectivity index (χ1) is 7.06. The molecule has 0 fully saturated rings. The van der Waals surface area contributed by atoms with Gasteiger partial charge < -0.3 is 4.79 Å². The zero-order valence-electron chi connectivity index (χ0n) is 7.44. The van der Waals surface area contributed by atoms with E-state index in [0.717, 1.165) is 6.29 Å². The van der Waals surface area contributed by atoms with Gasteiger partial charge >= 0.3 is 0 Å². The highest BCUT2D eigenvalue weighted by Crippen LogP contribution is 2.16. The molecule has 0 saturated carbocycles. The summed E-state index contributed by atoms with van der Waals surface area (Å²) >= 11 is 6.09. The number of halogens is 2. The molecule has 1 aromatic rings. The number of carbonyl (C=O) groups is 1. The Morgan fingerprint density at radius 3 is 1.80 bits per heavy atom. The molecular formula is C8H6Br2N2O3. The summed E-state index contributed by atoms with van der Waals surface area (Å²) in [7, 11) is 0. The van der Waals surface area contributed by atoms with Crippen molar-refractivity contribution < 1.29 is 4.79 Å². The Bertz CT molecular complexity index is 501. The summed E-state index contributed by atoms with van der Waals surface area (Å²) in [5, 5.41) is 0. The van der Waals surface area contributed by atoms with E-state index in [-0.39, 0.29) is 39.1 Å². The van der Waals surface area contributed by atoms with Crippen LogP contribution in [0.15, 0.2) is 18.5 Å². The van der Waals surface area contributed by atoms with E-state index < -0.39 is 0 Å². The predicted octanol–water partition coefficient (Wildman–Crippen LogP) is 0.364. The Balaban J connectivity index is 2.75. The summed E-state index contributed by atoms with van der Waals surface area (Å²) in [6.45, 7) is 0.535. The summed E-state index contributed by atoms with van der Waals surface area (Å²) < 4.78 is 2.98. The molecule has 2 heterocycles. The summed E-state index contributed by atoms with van der Waals surface area (Å²) in [6, 6.07) is 0. The Labute approximate surface area is 101 Å². The molecular weight excluding hydrogens is 332 g/mol. The van der Waals surface area contributed by atoms with Gasteiger partial charge in [-0.25, -0.2) is 9.36 Å². The van der Waals surface area contributed by atoms with E-state index in [1.807, 2.05) is 0 Å². The first kappa shape index (κ1) is 10.8. The first-order valence-electron chi connectivity index (χ1n) is 4.20. The number of rotatable bonds is 1. The van der Waals surface area contributed by atoms with Crippen molar-refractivity contribution in [2.45, 2.75) is 13.1 Å². The first-order valence-corrected chi connectivity index (χ1v) is 5.79. The van der Waals surface area contributed by atoms with E-state index in [9.17, 15) is 14.4 Å². The maximum atomic E-state index is 11.7. The van der Waals surface area contributed by atoms with E-state index in [4.69, 9.17) is 0 Å². The average molecular weight is 338 g/mol. The highest BCUT2D eigenvalue weighted by Gasteiger charge is 2.25. The molecule has 1 aliphatic rings. The van der Waals surface area contributed by atoms with Crippen molar-refractivity contribution in [3.8, 4) is 0 Å². The summed E-state index contributed by atoms with van der Waals surface area (Å²) in [6.07, 6.45) is 0.765. The normalized spacial score (nSPS) is 15.3. The number of hydrogen-bond acceptors (Lipinski definition) is 3. The lowest BCUT2D eigenvalue weighted by Crippen LogP contribution is -2.35. The second kappa shape index (κ2) is 3.71. The van der Waals surface area contributed by atoms with Crippen LogP contribution in [0.3, 0.4) is 0 Å². The van der Waals surface area contributed by atoms with Gasteiger partial charge in [0.15, 0.2) is 0 Å². The van der Waals surface area contributed by atoms with Crippen LogP contribution in [0.1, 0.15) is 0 Å². The maximum absolute atomic E-state index is 11.7. The second-order valence-corrected chi connectivity index (χ2v) is 4.88. The molecule has 0 saturated heterocycles. The van der Waals surface area contributed by atoms with E-state index in [0.29, 0.717) is 0 Å². The molecule has 0 aliphatic carbocycles. The van der Waals surface area contributed by atoms with E-state index in [2.05, 4.69) is 31.9 Å². The van der Waals surface area contributed by atoms with Gasteiger partial charge in [0.2, 0.25) is 0 Å². The third kappa shape index (κ3) is 1.53. The van der Waals surface area contributed by atoms with E-state index >= 15 is 0 Å². The van der Waals surface area contributed by atoms with Crippen LogP contribution in [0.4, 0.5) is 0 Å². The van der Waals surface area contributed by atoms with Crippen LogP contribution in [0.2, 0.25) is 0 Å². The van der Waals surface area contributed by atoms with Gasteiger partial charge in [0.1, 0.15) is 15.2 Å². The molecule has 0 radical (unpaired) electrons. The molecule has 0 bridgehead atoms. The summed E-state index contributed by atoms with van der Waals surface area (Å²) in [5.74, 6) is -0.295. The molecule has 15 heavy (non-hydrogen) atoms. The summed E-state index contributed by atoms with van der Waals surface area (Å²) in [5.41, 5.74) is -0.600. The smallest absolute Gasteiger partial charge is 0.280 e. The highest BCUT2D eigenvalue weighted by atomic mass is 79.9. The number of aldehydes is 1. The van der Waals surface area contributed by atoms with Gasteiger partial charge in [-0.1, -0.05) is 0 Å². The zero-order valence-corrected chi connectivity index (χ0v) is 10.6. The van der Waals surface area contributed by atoms with Gasteiger partial charge in [0.25, 0.3) is 11.1 Å². The highest BCUT2D eigenvalue weighted by molar-refractivity contribution is 9.13. The quantitative estimate of drug-likeness (QED) is 0.695. The maximum Gasteiger partial charge on any atom is 0.280 e. The molecule has 80 valence electrons. The molecule has 0 unspecified atom stereocenters. The van der Waals surface area contributed by atoms with Crippen molar-refractivity contribution in [1.82, 2.24) is 9.36 Å². The fraction of sp³-hybridized carbons (Fsp3) is 0.375. The third-order valence-corrected chi connectivity index (χ3v) is 4.34. The molecule has 0 N–H and O–H groups in total. The minimum Gasteiger partial charge on any atom is -0.303 e. The molecule has 1 aromatic heterocycles. The van der Waals surface area contributed by atoms with Crippen molar-refractivity contribution in [1.29, 1.82) is 0 Å². The largest absolute Gasteiger partial charge is 0.303 e. The van der Waals surface area contributed by atoms with Crippen LogP contribution < -0.4 is 11.1 Å². The fourth-order valence-corrected chi connectivity index (χ4v) is 2.33. The van der Waals surface area contributed by atoms with Crippen molar-refractivity contribution in [3.63, 3.8) is 0 Å². The van der Waals surface area contributed by atoms with Crippen molar-refractivity contribution in [3.05, 3.63) is 29.7 Å². The second-order valence-electron chi connectivity index (χ2n) is 3.30. The van der Waals surface area contributed by atoms with E-state index in [1.54, 1.807) is 0 Å². The molecule has 7 heteroatoms. The Kier molecular flexibility index (Phi) is 2.68. The standard InChI is InChI=1S/C8H6Br2N2O3/c9-5-6(10)8(15)12-2-4(3-13)1-11(12)7(5)14/h3-4H,1-2H2. The lowest BCUT2D eigenvalue weighted by molar-refractivity contribution is -0.111. The minimum absolute atomic E-state index is 0.204. The monoisotopic (exact) mass is 336 g/mol. The van der Waals surface area contributed by atoms with Gasteiger partial charge in [-0.3, -0.25) is 9.59 Å². The van der Waals surface area contributed by atoms with Gasteiger partial charge in [-0.2, -0.15) is 0 Å². The number of nitrogens with zero attached hydrogens (tertiary/aromatic N) is 2. The topological polar surface area (TPSA) is 61.1 Å². The summed E-state index contributed by atoms with van der Waals surface area (Å²) in [4.78, 5) is 34.0.